The second-order valence-corrected chi connectivity index (χ2v) is 10.00. The number of aromatic nitrogens is 3. The van der Waals surface area contributed by atoms with Crippen molar-refractivity contribution in [1.29, 1.82) is 0 Å². The van der Waals surface area contributed by atoms with Crippen LogP contribution in [-0.2, 0) is 5.41 Å². The monoisotopic (exact) mass is 413 g/mol. The van der Waals surface area contributed by atoms with Crippen LogP contribution in [0.3, 0.4) is 0 Å². The van der Waals surface area contributed by atoms with Crippen molar-refractivity contribution in [3.63, 3.8) is 0 Å². The van der Waals surface area contributed by atoms with Crippen molar-refractivity contribution in [3.8, 4) is 11.4 Å². The first-order valence-electron chi connectivity index (χ1n) is 11.2. The summed E-state index contributed by atoms with van der Waals surface area (Å²) in [4.78, 5) is 19.3. The molecule has 2 aliphatic heterocycles. The Kier molecular flexibility index (Phi) is 4.37. The minimum Gasteiger partial charge on any atom is -0.336 e. The van der Waals surface area contributed by atoms with Crippen LogP contribution in [0.25, 0.3) is 11.4 Å². The summed E-state index contributed by atoms with van der Waals surface area (Å²) in [5.74, 6) is 2.50. The summed E-state index contributed by atoms with van der Waals surface area (Å²) in [6.07, 6.45) is 6.16. The molecule has 1 atom stereocenters. The number of pyridine rings is 1. The van der Waals surface area contributed by atoms with Gasteiger partial charge in [-0.15, -0.1) is 0 Å². The molecule has 1 unspecified atom stereocenters. The molecule has 2 aliphatic rings. The van der Waals surface area contributed by atoms with E-state index in [1.54, 1.807) is 0 Å². The fourth-order valence-electron chi connectivity index (χ4n) is 5.40. The summed E-state index contributed by atoms with van der Waals surface area (Å²) in [6, 6.07) is 8.71. The molecule has 2 aromatic heterocycles. The Labute approximate surface area is 185 Å². The van der Waals surface area contributed by atoms with Crippen molar-refractivity contribution in [1.82, 2.24) is 15.0 Å². The Hall–Kier alpha value is -2.95. The van der Waals surface area contributed by atoms with Crippen LogP contribution in [0.15, 0.2) is 42.9 Å². The molecule has 0 saturated heterocycles. The number of rotatable bonds is 3. The van der Waals surface area contributed by atoms with Crippen LogP contribution in [0.5, 0.6) is 0 Å². The molecule has 5 heteroatoms. The SMILES string of the molecule is CC(C)c1cncc(C(C)C)c1-c1ncc2c(n1)N(C)C1N2c2ccccc2C1(C)C. The van der Waals surface area contributed by atoms with Crippen LogP contribution in [0.4, 0.5) is 17.2 Å². The maximum atomic E-state index is 5.16. The zero-order valence-corrected chi connectivity index (χ0v) is 19.5. The molecule has 0 bridgehead atoms. The molecule has 5 nitrogen and oxygen atoms in total. The highest BCUT2D eigenvalue weighted by Gasteiger charge is 2.52. The summed E-state index contributed by atoms with van der Waals surface area (Å²) in [6.45, 7) is 13.5. The van der Waals surface area contributed by atoms with Gasteiger partial charge in [-0.05, 0) is 34.6 Å². The lowest BCUT2D eigenvalue weighted by Crippen LogP contribution is -2.46. The molecule has 0 amide bonds. The molecule has 160 valence electrons. The van der Waals surface area contributed by atoms with Gasteiger partial charge in [0.25, 0.3) is 0 Å². The van der Waals surface area contributed by atoms with E-state index in [0.29, 0.717) is 11.8 Å². The number of fused-ring (bicyclic) bond motifs is 5. The predicted molar refractivity (Wildman–Crippen MR) is 127 cm³/mol. The number of benzene rings is 1. The Morgan fingerprint density at radius 3 is 2.19 bits per heavy atom. The lowest BCUT2D eigenvalue weighted by Gasteiger charge is -2.34. The van der Waals surface area contributed by atoms with Gasteiger partial charge in [-0.2, -0.15) is 0 Å². The van der Waals surface area contributed by atoms with Gasteiger partial charge in [-0.1, -0.05) is 59.7 Å². The molecule has 0 spiro atoms. The second-order valence-electron chi connectivity index (χ2n) is 10.00. The van der Waals surface area contributed by atoms with Crippen molar-refractivity contribution >= 4 is 17.2 Å². The Morgan fingerprint density at radius 1 is 0.903 bits per heavy atom. The van der Waals surface area contributed by atoms with Gasteiger partial charge in [0.1, 0.15) is 11.9 Å². The van der Waals surface area contributed by atoms with Crippen LogP contribution in [0, 0.1) is 0 Å². The Morgan fingerprint density at radius 2 is 1.55 bits per heavy atom. The standard InChI is InChI=1S/C26H31N5/c1-15(2)17-12-27-13-18(16(3)4)22(17)23-28-14-21-24(29-23)30(7)25-26(5,6)19-10-8-9-11-20(19)31(21)25/h8-16,25H,1-7H3. The van der Waals surface area contributed by atoms with Crippen molar-refractivity contribution in [2.75, 3.05) is 16.8 Å². The van der Waals surface area contributed by atoms with E-state index in [1.165, 1.54) is 22.4 Å². The van der Waals surface area contributed by atoms with Crippen molar-refractivity contribution in [2.24, 2.45) is 0 Å². The highest BCUT2D eigenvalue weighted by Crippen LogP contribution is 2.55. The third-order valence-corrected chi connectivity index (χ3v) is 6.93. The van der Waals surface area contributed by atoms with E-state index in [0.717, 1.165) is 22.9 Å². The summed E-state index contributed by atoms with van der Waals surface area (Å²) >= 11 is 0. The molecule has 0 N–H and O–H groups in total. The molecule has 0 aliphatic carbocycles. The highest BCUT2D eigenvalue weighted by molar-refractivity contribution is 5.87. The van der Waals surface area contributed by atoms with Gasteiger partial charge in [0.05, 0.1) is 6.20 Å². The average Bonchev–Trinajstić information content (AvgIpc) is 3.18. The maximum Gasteiger partial charge on any atom is 0.162 e. The van der Waals surface area contributed by atoms with E-state index in [9.17, 15) is 0 Å². The van der Waals surface area contributed by atoms with Gasteiger partial charge >= 0.3 is 0 Å². The average molecular weight is 414 g/mol. The Balaban J connectivity index is 1.70. The minimum atomic E-state index is -0.0188. The Bertz CT molecular complexity index is 1140. The summed E-state index contributed by atoms with van der Waals surface area (Å²) in [7, 11) is 2.16. The lowest BCUT2D eigenvalue weighted by atomic mass is 9.84. The fraction of sp³-hybridized carbons (Fsp3) is 0.423. The normalized spacial score (nSPS) is 18.5. The first-order valence-corrected chi connectivity index (χ1v) is 11.2. The third kappa shape index (κ3) is 2.72. The predicted octanol–water partition coefficient (Wildman–Crippen LogP) is 5.99. The van der Waals surface area contributed by atoms with Crippen molar-refractivity contribution in [3.05, 3.63) is 59.5 Å². The number of likely N-dealkylation sites (N-methyl/N-ethyl adjacent to an activating group) is 1. The molecule has 0 radical (unpaired) electrons. The van der Waals surface area contributed by atoms with Gasteiger partial charge in [0, 0.05) is 36.1 Å². The number of anilines is 3. The second kappa shape index (κ2) is 6.78. The molecule has 4 heterocycles. The van der Waals surface area contributed by atoms with E-state index >= 15 is 0 Å². The smallest absolute Gasteiger partial charge is 0.162 e. The van der Waals surface area contributed by atoms with Crippen molar-refractivity contribution < 1.29 is 0 Å². The number of para-hydroxylation sites is 1. The molecule has 0 saturated carbocycles. The lowest BCUT2D eigenvalue weighted by molar-refractivity contribution is 0.441. The minimum absolute atomic E-state index is 0.0188. The largest absolute Gasteiger partial charge is 0.336 e. The zero-order chi connectivity index (χ0) is 22.1. The topological polar surface area (TPSA) is 45.2 Å². The molecular formula is C26H31N5. The van der Waals surface area contributed by atoms with E-state index in [1.807, 2.05) is 18.6 Å². The van der Waals surface area contributed by atoms with Crippen LogP contribution in [0.1, 0.15) is 70.1 Å². The zero-order valence-electron chi connectivity index (χ0n) is 19.5. The molecule has 31 heavy (non-hydrogen) atoms. The van der Waals surface area contributed by atoms with Gasteiger partial charge in [-0.3, -0.25) is 4.98 Å². The fourth-order valence-corrected chi connectivity index (χ4v) is 5.40. The van der Waals surface area contributed by atoms with Gasteiger partial charge in [-0.25, -0.2) is 9.97 Å². The maximum absolute atomic E-state index is 5.16. The van der Waals surface area contributed by atoms with Crippen molar-refractivity contribution in [2.45, 2.75) is 65.0 Å². The highest BCUT2D eigenvalue weighted by atomic mass is 15.5. The van der Waals surface area contributed by atoms with Gasteiger partial charge < -0.3 is 9.80 Å². The molecule has 1 aromatic carbocycles. The molecule has 5 rings (SSSR count). The van der Waals surface area contributed by atoms with Crippen LogP contribution >= 0.6 is 0 Å². The van der Waals surface area contributed by atoms with Crippen LogP contribution < -0.4 is 9.80 Å². The number of nitrogens with zero attached hydrogens (tertiary/aromatic N) is 5. The summed E-state index contributed by atoms with van der Waals surface area (Å²) in [5, 5.41) is 0. The number of hydrogen-bond acceptors (Lipinski definition) is 5. The first kappa shape index (κ1) is 20.0. The quantitative estimate of drug-likeness (QED) is 0.528. The molecule has 0 fully saturated rings. The molecule has 3 aromatic rings. The van der Waals surface area contributed by atoms with Crippen LogP contribution in [-0.4, -0.2) is 28.2 Å². The number of hydrogen-bond donors (Lipinski definition) is 0. The van der Waals surface area contributed by atoms with Gasteiger partial charge in [0.2, 0.25) is 0 Å². The van der Waals surface area contributed by atoms with Gasteiger partial charge in [0.15, 0.2) is 11.6 Å². The van der Waals surface area contributed by atoms with E-state index < -0.39 is 0 Å². The van der Waals surface area contributed by atoms with E-state index in [2.05, 4.69) is 87.6 Å². The third-order valence-electron chi connectivity index (χ3n) is 6.93. The van der Waals surface area contributed by atoms with Crippen LogP contribution in [0.2, 0.25) is 0 Å². The molecular weight excluding hydrogens is 382 g/mol. The summed E-state index contributed by atoms with van der Waals surface area (Å²) < 4.78 is 0. The first-order chi connectivity index (χ1) is 14.7. The summed E-state index contributed by atoms with van der Waals surface area (Å²) in [5.41, 5.74) is 7.25. The van der Waals surface area contributed by atoms with E-state index in [4.69, 9.17) is 9.97 Å². The van der Waals surface area contributed by atoms with E-state index in [-0.39, 0.29) is 11.6 Å².